The van der Waals surface area contributed by atoms with Crippen LogP contribution in [0.15, 0.2) is 89.7 Å². The lowest BCUT2D eigenvalue weighted by atomic mass is 9.92. The van der Waals surface area contributed by atoms with Crippen molar-refractivity contribution < 1.29 is 22.0 Å². The fraction of sp³-hybridized carbons (Fsp3) is 0.103. The van der Waals surface area contributed by atoms with E-state index in [9.17, 15) is 4.79 Å². The van der Waals surface area contributed by atoms with Crippen molar-refractivity contribution in [3.05, 3.63) is 106 Å². The fourth-order valence-corrected chi connectivity index (χ4v) is 5.83. The molecular weight excluding hydrogens is 504 g/mol. The van der Waals surface area contributed by atoms with Crippen LogP contribution in [-0.4, -0.2) is 14.1 Å². The van der Waals surface area contributed by atoms with Crippen LogP contribution in [0.2, 0.25) is 0 Å². The zero-order valence-electron chi connectivity index (χ0n) is 18.9. The Morgan fingerprint density at radius 3 is 2.18 bits per heavy atom. The molecule has 0 saturated carbocycles. The van der Waals surface area contributed by atoms with E-state index in [1.807, 2.05) is 6.07 Å². The molecule has 1 heterocycles. The Hall–Kier alpha value is -3.28. The number of hydrogen-bond donors (Lipinski definition) is 0. The second kappa shape index (κ2) is 8.82. The van der Waals surface area contributed by atoms with Crippen molar-refractivity contribution >= 4 is 48.8 Å². The SMILES string of the molecule is CN(C)c1cc2sc3cc(=O)ccc-3[nH+]c2cc1Cc1c2ccccc2cc2ccccc12.[Br-]. The molecule has 1 N–H and O–H groups in total. The molecule has 0 spiro atoms. The van der Waals surface area contributed by atoms with Gasteiger partial charge < -0.3 is 21.9 Å². The molecule has 5 heteroatoms. The van der Waals surface area contributed by atoms with E-state index in [0.717, 1.165) is 27.2 Å². The molecule has 1 aliphatic heterocycles. The number of aromatic amines is 1. The van der Waals surface area contributed by atoms with Gasteiger partial charge in [-0.1, -0.05) is 48.5 Å². The van der Waals surface area contributed by atoms with Crippen molar-refractivity contribution in [1.82, 2.24) is 0 Å². The average molecular weight is 527 g/mol. The third-order valence-corrected chi connectivity index (χ3v) is 7.47. The summed E-state index contributed by atoms with van der Waals surface area (Å²) in [6.45, 7) is 0. The van der Waals surface area contributed by atoms with Gasteiger partial charge in [-0.05, 0) is 50.9 Å². The summed E-state index contributed by atoms with van der Waals surface area (Å²) < 4.78 is 1.14. The molecule has 0 aromatic heterocycles. The monoisotopic (exact) mass is 526 g/mol. The highest BCUT2D eigenvalue weighted by atomic mass is 79.9. The summed E-state index contributed by atoms with van der Waals surface area (Å²) in [7, 11) is 4.19. The molecule has 0 amide bonds. The lowest BCUT2D eigenvalue weighted by Crippen LogP contribution is -3.00. The Labute approximate surface area is 212 Å². The Balaban J connectivity index is 0.00000241. The Morgan fingerprint density at radius 2 is 1.50 bits per heavy atom. The predicted molar refractivity (Wildman–Crippen MR) is 140 cm³/mol. The number of aromatic nitrogens is 1. The van der Waals surface area contributed by atoms with Crippen molar-refractivity contribution in [2.24, 2.45) is 0 Å². The molecule has 0 bridgehead atoms. The van der Waals surface area contributed by atoms with Gasteiger partial charge in [0.15, 0.2) is 5.43 Å². The Morgan fingerprint density at radius 1 is 0.824 bits per heavy atom. The van der Waals surface area contributed by atoms with Gasteiger partial charge in [0.25, 0.3) is 0 Å². The van der Waals surface area contributed by atoms with E-state index >= 15 is 0 Å². The fourth-order valence-electron chi connectivity index (χ4n) is 4.80. The van der Waals surface area contributed by atoms with Crippen molar-refractivity contribution in [2.45, 2.75) is 6.42 Å². The van der Waals surface area contributed by atoms with E-state index in [2.05, 4.69) is 90.7 Å². The predicted octanol–water partition coefficient (Wildman–Crippen LogP) is 3.15. The average Bonchev–Trinajstić information content (AvgIpc) is 2.82. The van der Waals surface area contributed by atoms with E-state index in [-0.39, 0.29) is 22.4 Å². The van der Waals surface area contributed by atoms with Crippen LogP contribution in [0.4, 0.5) is 5.69 Å². The van der Waals surface area contributed by atoms with Crippen LogP contribution in [0.1, 0.15) is 11.1 Å². The third kappa shape index (κ3) is 3.85. The van der Waals surface area contributed by atoms with Gasteiger partial charge in [-0.25, -0.2) is 4.98 Å². The molecule has 0 unspecified atom stereocenters. The highest BCUT2D eigenvalue weighted by Gasteiger charge is 2.18. The standard InChI is InChI=1S/C29H22N2OS.BrH/c1-31(2)27-17-29-26(30-25-12-11-21(32)16-28(25)33-29)15-20(27)14-24-22-9-5-3-7-18(22)13-19-8-4-6-10-23(19)24;/h3-13,15-17H,14H2,1-2H3;1H. The van der Waals surface area contributed by atoms with E-state index in [0.29, 0.717) is 0 Å². The summed E-state index contributed by atoms with van der Waals surface area (Å²) in [6, 6.07) is 29.3. The molecule has 4 aromatic rings. The van der Waals surface area contributed by atoms with Crippen LogP contribution in [-0.2, 0) is 6.42 Å². The first-order valence-electron chi connectivity index (χ1n) is 11.1. The highest BCUT2D eigenvalue weighted by Crippen LogP contribution is 2.35. The molecule has 0 radical (unpaired) electrons. The summed E-state index contributed by atoms with van der Waals surface area (Å²) in [5.41, 5.74) is 5.95. The van der Waals surface area contributed by atoms with Crippen molar-refractivity contribution in [1.29, 1.82) is 0 Å². The highest BCUT2D eigenvalue weighted by molar-refractivity contribution is 7.21. The van der Waals surface area contributed by atoms with E-state index in [4.69, 9.17) is 0 Å². The van der Waals surface area contributed by atoms with Crippen LogP contribution < -0.4 is 32.3 Å². The minimum Gasteiger partial charge on any atom is -1.00 e. The van der Waals surface area contributed by atoms with E-state index in [1.165, 1.54) is 38.4 Å². The molecule has 168 valence electrons. The topological polar surface area (TPSA) is 34.5 Å². The number of rotatable bonds is 3. The first-order valence-corrected chi connectivity index (χ1v) is 11.9. The van der Waals surface area contributed by atoms with Gasteiger partial charge in [-0.15, -0.1) is 11.3 Å². The Bertz CT molecular complexity index is 1650. The molecular formula is C29H23BrN2OS. The lowest BCUT2D eigenvalue weighted by molar-refractivity contribution is -0.330. The van der Waals surface area contributed by atoms with Gasteiger partial charge in [0.2, 0.25) is 11.2 Å². The maximum atomic E-state index is 11.9. The summed E-state index contributed by atoms with van der Waals surface area (Å²) in [5, 5.41) is 5.14. The van der Waals surface area contributed by atoms with Crippen LogP contribution >= 0.6 is 11.3 Å². The van der Waals surface area contributed by atoms with Crippen LogP contribution in [0, 0.1) is 0 Å². The molecule has 0 saturated heterocycles. The first-order chi connectivity index (χ1) is 16.1. The van der Waals surface area contributed by atoms with Gasteiger partial charge in [-0.2, -0.15) is 0 Å². The van der Waals surface area contributed by atoms with Crippen LogP contribution in [0.25, 0.3) is 42.3 Å². The number of fused-ring (bicyclic) bond motifs is 4. The number of hydrogen-bond acceptors (Lipinski definition) is 3. The number of nitrogens with one attached hydrogen (secondary N) is 1. The minimum absolute atomic E-state index is 0. The molecule has 0 fully saturated rings. The second-order valence-electron chi connectivity index (χ2n) is 8.73. The smallest absolute Gasteiger partial charge is 0.221 e. The first kappa shape index (κ1) is 22.5. The van der Waals surface area contributed by atoms with Gasteiger partial charge in [0.1, 0.15) is 9.58 Å². The lowest BCUT2D eigenvalue weighted by Gasteiger charge is -2.19. The summed E-state index contributed by atoms with van der Waals surface area (Å²) in [4.78, 5) is 18.6. The summed E-state index contributed by atoms with van der Waals surface area (Å²) >= 11 is 1.66. The molecule has 6 rings (SSSR count). The van der Waals surface area contributed by atoms with Crippen LogP contribution in [0.3, 0.4) is 0 Å². The summed E-state index contributed by atoms with van der Waals surface area (Å²) in [6.07, 6.45) is 0.835. The molecule has 1 aliphatic carbocycles. The van der Waals surface area contributed by atoms with Gasteiger partial charge in [0.05, 0.1) is 0 Å². The molecule has 3 nitrogen and oxygen atoms in total. The number of anilines is 1. The van der Waals surface area contributed by atoms with E-state index in [1.54, 1.807) is 23.5 Å². The number of nitrogens with zero attached hydrogens (tertiary/aromatic N) is 1. The second-order valence-corrected chi connectivity index (χ2v) is 9.81. The van der Waals surface area contributed by atoms with Gasteiger partial charge in [-0.3, -0.25) is 4.79 Å². The van der Waals surface area contributed by atoms with Crippen LogP contribution in [0.5, 0.6) is 0 Å². The zero-order valence-corrected chi connectivity index (χ0v) is 21.3. The van der Waals surface area contributed by atoms with Gasteiger partial charge >= 0.3 is 0 Å². The molecule has 4 aromatic carbocycles. The van der Waals surface area contributed by atoms with Crippen molar-refractivity contribution in [2.75, 3.05) is 19.0 Å². The maximum Gasteiger partial charge on any atom is 0.221 e. The normalized spacial score (nSPS) is 11.2. The number of benzene rings is 5. The van der Waals surface area contributed by atoms with Crippen molar-refractivity contribution in [3.63, 3.8) is 0 Å². The van der Waals surface area contributed by atoms with Gasteiger partial charge in [0, 0.05) is 44.4 Å². The Kier molecular flexibility index (Phi) is 5.84. The minimum atomic E-state index is 0. The van der Waals surface area contributed by atoms with E-state index < -0.39 is 0 Å². The quantitative estimate of drug-likeness (QED) is 0.332. The molecule has 34 heavy (non-hydrogen) atoms. The third-order valence-electron chi connectivity index (χ3n) is 6.36. The number of halogens is 1. The zero-order chi connectivity index (χ0) is 22.5. The molecule has 2 aliphatic rings. The van der Waals surface area contributed by atoms with Crippen molar-refractivity contribution in [3.8, 4) is 10.6 Å². The maximum absolute atomic E-state index is 11.9. The summed E-state index contributed by atoms with van der Waals surface area (Å²) in [5.74, 6) is 0. The molecule has 0 atom stereocenters. The largest absolute Gasteiger partial charge is 1.00 e. The number of H-pyrrole nitrogens is 1.